The molecule has 4 N–H and O–H groups in total. The van der Waals surface area contributed by atoms with Crippen LogP contribution in [0.4, 0.5) is 5.69 Å². The number of aromatic hydroxyl groups is 1. The molecule has 0 bridgehead atoms. The van der Waals surface area contributed by atoms with Crippen LogP contribution in [0.1, 0.15) is 28.4 Å². The van der Waals surface area contributed by atoms with Crippen molar-refractivity contribution in [3.05, 3.63) is 62.9 Å². The zero-order valence-corrected chi connectivity index (χ0v) is 16.1. The summed E-state index contributed by atoms with van der Waals surface area (Å²) in [4.78, 5) is 48.7. The van der Waals surface area contributed by atoms with Crippen molar-refractivity contribution in [2.45, 2.75) is 20.4 Å². The molecule has 0 fully saturated rings. The number of pyridine rings is 1. The lowest BCUT2D eigenvalue weighted by molar-refractivity contribution is -0.137. The Balaban J connectivity index is 2.20. The number of carboxylic acid groups (broad SMARTS) is 1. The minimum absolute atomic E-state index is 0.0258. The number of hydrogen-bond acceptors (Lipinski definition) is 6. The Bertz CT molecular complexity index is 1190. The molecule has 1 aliphatic heterocycles. The average molecular weight is 410 g/mol. The quantitative estimate of drug-likeness (QED) is 0.621. The maximum absolute atomic E-state index is 12.9. The molecular weight excluding hydrogens is 392 g/mol. The number of carboxylic acids is 1. The molecule has 0 aliphatic carbocycles. The summed E-state index contributed by atoms with van der Waals surface area (Å²) in [6, 6.07) is 8.64. The number of hydrogen-bond donors (Lipinski definition) is 3. The third kappa shape index (κ3) is 3.46. The van der Waals surface area contributed by atoms with E-state index in [2.05, 4.69) is 5.10 Å². The van der Waals surface area contributed by atoms with Crippen molar-refractivity contribution in [2.75, 3.05) is 5.01 Å². The van der Waals surface area contributed by atoms with Crippen molar-refractivity contribution in [1.29, 1.82) is 0 Å². The van der Waals surface area contributed by atoms with E-state index in [9.17, 15) is 24.3 Å². The molecule has 1 aliphatic rings. The van der Waals surface area contributed by atoms with E-state index in [0.717, 1.165) is 0 Å². The first-order chi connectivity index (χ1) is 14.1. The summed E-state index contributed by atoms with van der Waals surface area (Å²) in [6.07, 6.45) is 1.23. The van der Waals surface area contributed by atoms with Crippen LogP contribution >= 0.6 is 0 Å². The van der Waals surface area contributed by atoms with E-state index in [-0.39, 0.29) is 16.7 Å². The van der Waals surface area contributed by atoms with Crippen molar-refractivity contribution in [1.82, 2.24) is 4.57 Å². The second-order valence-corrected chi connectivity index (χ2v) is 6.58. The number of aromatic nitrogens is 1. The fourth-order valence-electron chi connectivity index (χ4n) is 3.16. The first-order valence-electron chi connectivity index (χ1n) is 8.78. The van der Waals surface area contributed by atoms with E-state index in [0.29, 0.717) is 16.0 Å². The van der Waals surface area contributed by atoms with Crippen molar-refractivity contribution >= 4 is 35.3 Å². The predicted octanol–water partition coefficient (Wildman–Crippen LogP) is 0.852. The first kappa shape index (κ1) is 20.5. The molecule has 1 aromatic carbocycles. The van der Waals surface area contributed by atoms with Gasteiger partial charge in [-0.1, -0.05) is 18.2 Å². The zero-order valence-electron chi connectivity index (χ0n) is 16.1. The number of para-hydroxylation sites is 1. The fraction of sp³-hybridized carbons (Fsp3) is 0.150. The van der Waals surface area contributed by atoms with Gasteiger partial charge in [-0.15, -0.1) is 0 Å². The highest BCUT2D eigenvalue weighted by Crippen LogP contribution is 2.27. The van der Waals surface area contributed by atoms with Crippen LogP contribution in [0, 0.1) is 6.92 Å². The minimum atomic E-state index is -1.41. The zero-order chi connectivity index (χ0) is 22.2. The highest BCUT2D eigenvalue weighted by Gasteiger charge is 2.30. The number of aliphatic carboxylic acids is 1. The molecule has 2 heterocycles. The summed E-state index contributed by atoms with van der Waals surface area (Å²) < 4.78 is 0.517. The van der Waals surface area contributed by atoms with Crippen LogP contribution in [-0.2, 0) is 16.1 Å². The molecule has 0 unspecified atom stereocenters. The minimum Gasteiger partial charge on any atom is -0.494 e. The third-order valence-electron chi connectivity index (χ3n) is 4.63. The van der Waals surface area contributed by atoms with Crippen molar-refractivity contribution in [3.8, 4) is 5.88 Å². The Hall–Kier alpha value is -4.21. The first-order valence-corrected chi connectivity index (χ1v) is 8.78. The molecule has 2 aromatic rings. The Morgan fingerprint density at radius 2 is 1.80 bits per heavy atom. The summed E-state index contributed by atoms with van der Waals surface area (Å²) in [6.45, 7) is 2.06. The normalized spacial score (nSPS) is 14.9. The van der Waals surface area contributed by atoms with E-state index in [4.69, 9.17) is 10.8 Å². The molecule has 0 saturated heterocycles. The lowest BCUT2D eigenvalue weighted by atomic mass is 10.00. The van der Waals surface area contributed by atoms with E-state index >= 15 is 0 Å². The summed E-state index contributed by atoms with van der Waals surface area (Å²) in [7, 11) is 0. The number of anilines is 1. The molecule has 0 radical (unpaired) electrons. The molecule has 0 saturated carbocycles. The van der Waals surface area contributed by atoms with Crippen molar-refractivity contribution in [2.24, 2.45) is 10.8 Å². The van der Waals surface area contributed by atoms with Gasteiger partial charge in [0.25, 0.3) is 17.4 Å². The molecule has 3 rings (SSSR count). The molecule has 0 spiro atoms. The van der Waals surface area contributed by atoms with Crippen LogP contribution in [0.5, 0.6) is 5.88 Å². The van der Waals surface area contributed by atoms with E-state index < -0.39 is 41.3 Å². The lowest BCUT2D eigenvalue weighted by Gasteiger charge is -2.14. The standard InChI is InChI=1S/C20H18N4O6/c1-10-13(18(28)23(9-15(25)26)20(30)16(10)17(21)27)8-14-11(2)22-24(19(14)29)12-6-4-3-5-7-12/h3-8,30H,9H2,1-2H3,(H2,21,27)(H,25,26)/b14-8+. The Kier molecular flexibility index (Phi) is 5.24. The van der Waals surface area contributed by atoms with Crippen LogP contribution in [0.25, 0.3) is 6.08 Å². The second kappa shape index (κ2) is 7.66. The summed E-state index contributed by atoms with van der Waals surface area (Å²) in [5, 5.41) is 24.7. The number of nitrogens with zero attached hydrogens (tertiary/aromatic N) is 3. The van der Waals surface area contributed by atoms with E-state index in [1.54, 1.807) is 37.3 Å². The van der Waals surface area contributed by atoms with Gasteiger partial charge in [-0.2, -0.15) is 10.1 Å². The van der Waals surface area contributed by atoms with Crippen molar-refractivity contribution < 1.29 is 24.6 Å². The number of carbonyl (C=O) groups is 3. The molecule has 2 amide bonds. The molecule has 30 heavy (non-hydrogen) atoms. The van der Waals surface area contributed by atoms with Gasteiger partial charge in [-0.25, -0.2) is 0 Å². The number of hydrazone groups is 1. The second-order valence-electron chi connectivity index (χ2n) is 6.58. The highest BCUT2D eigenvalue weighted by molar-refractivity contribution is 6.32. The molecule has 10 nitrogen and oxygen atoms in total. The van der Waals surface area contributed by atoms with E-state index in [1.807, 2.05) is 0 Å². The average Bonchev–Trinajstić information content (AvgIpc) is 2.96. The van der Waals surface area contributed by atoms with Gasteiger partial charge in [0.05, 0.1) is 17.0 Å². The maximum atomic E-state index is 12.9. The number of nitrogens with two attached hydrogens (primary N) is 1. The number of primary amides is 1. The van der Waals surface area contributed by atoms with Gasteiger partial charge in [-0.3, -0.25) is 23.7 Å². The summed E-state index contributed by atoms with van der Waals surface area (Å²) in [5.74, 6) is -3.80. The van der Waals surface area contributed by atoms with Gasteiger partial charge >= 0.3 is 5.97 Å². The van der Waals surface area contributed by atoms with Gasteiger partial charge in [0, 0.05) is 5.56 Å². The molecule has 0 atom stereocenters. The van der Waals surface area contributed by atoms with Gasteiger partial charge in [0.2, 0.25) is 5.88 Å². The number of benzene rings is 1. The Morgan fingerprint density at radius 3 is 2.37 bits per heavy atom. The predicted molar refractivity (Wildman–Crippen MR) is 108 cm³/mol. The van der Waals surface area contributed by atoms with Crippen LogP contribution in [-0.4, -0.2) is 38.3 Å². The van der Waals surface area contributed by atoms with Gasteiger partial charge in [0.1, 0.15) is 12.1 Å². The molecule has 1 aromatic heterocycles. The monoisotopic (exact) mass is 410 g/mol. The number of amides is 2. The summed E-state index contributed by atoms with van der Waals surface area (Å²) in [5.41, 5.74) is 4.84. The smallest absolute Gasteiger partial charge is 0.323 e. The van der Waals surface area contributed by atoms with Gasteiger partial charge in [0.15, 0.2) is 0 Å². The third-order valence-corrected chi connectivity index (χ3v) is 4.63. The SMILES string of the molecule is CC1=NN(c2ccccc2)C(=O)/C1=C/c1c(C)c(C(N)=O)c(O)n(CC(=O)O)c1=O. The van der Waals surface area contributed by atoms with Crippen LogP contribution < -0.4 is 16.3 Å². The molecule has 154 valence electrons. The van der Waals surface area contributed by atoms with Crippen LogP contribution in [0.3, 0.4) is 0 Å². The number of carbonyl (C=O) groups excluding carboxylic acids is 2. The Labute approximate surface area is 170 Å². The topological polar surface area (TPSA) is 155 Å². The Morgan fingerprint density at radius 1 is 1.17 bits per heavy atom. The van der Waals surface area contributed by atoms with Gasteiger partial charge in [-0.05, 0) is 37.6 Å². The lowest BCUT2D eigenvalue weighted by Crippen LogP contribution is -2.30. The van der Waals surface area contributed by atoms with Crippen molar-refractivity contribution in [3.63, 3.8) is 0 Å². The van der Waals surface area contributed by atoms with Crippen LogP contribution in [0.15, 0.2) is 45.8 Å². The fourth-order valence-corrected chi connectivity index (χ4v) is 3.16. The summed E-state index contributed by atoms with van der Waals surface area (Å²) >= 11 is 0. The largest absolute Gasteiger partial charge is 0.494 e. The maximum Gasteiger partial charge on any atom is 0.323 e. The highest BCUT2D eigenvalue weighted by atomic mass is 16.4. The molecule has 10 heteroatoms. The van der Waals surface area contributed by atoms with Crippen LogP contribution in [0.2, 0.25) is 0 Å². The number of rotatable bonds is 5. The molecular formula is C20H18N4O6. The van der Waals surface area contributed by atoms with E-state index in [1.165, 1.54) is 18.0 Å². The van der Waals surface area contributed by atoms with Gasteiger partial charge < -0.3 is 15.9 Å².